The van der Waals surface area contributed by atoms with Gasteiger partial charge in [-0.15, -0.1) is 0 Å². The highest BCUT2D eigenvalue weighted by molar-refractivity contribution is 7.98. The molecule has 2 aromatic rings. The van der Waals surface area contributed by atoms with E-state index < -0.39 is 0 Å². The lowest BCUT2D eigenvalue weighted by atomic mass is 10.1. The SMILES string of the molecule is Cc1cc(C)nc(SCc2ccc(C(=O)N3CCCC[C@H](N(C)C)C3)o2)n1. The summed E-state index contributed by atoms with van der Waals surface area (Å²) in [4.78, 5) is 25.9. The average molecular weight is 389 g/mol. The van der Waals surface area contributed by atoms with E-state index in [1.54, 1.807) is 6.07 Å². The molecule has 0 spiro atoms. The van der Waals surface area contributed by atoms with Crippen molar-refractivity contribution in [3.8, 4) is 0 Å². The molecular formula is C20H28N4O2S. The highest BCUT2D eigenvalue weighted by atomic mass is 32.2. The van der Waals surface area contributed by atoms with Gasteiger partial charge in [-0.05, 0) is 59.0 Å². The molecule has 0 N–H and O–H groups in total. The van der Waals surface area contributed by atoms with Crippen LogP contribution in [0.15, 0.2) is 27.8 Å². The largest absolute Gasteiger partial charge is 0.455 e. The Labute approximate surface area is 165 Å². The number of likely N-dealkylation sites (N-methyl/N-ethyl adjacent to an activating group) is 1. The summed E-state index contributed by atoms with van der Waals surface area (Å²) in [5.74, 6) is 1.79. The maximum Gasteiger partial charge on any atom is 0.289 e. The summed E-state index contributed by atoms with van der Waals surface area (Å²) in [5, 5.41) is 0.734. The van der Waals surface area contributed by atoms with Gasteiger partial charge < -0.3 is 14.2 Å². The van der Waals surface area contributed by atoms with Gasteiger partial charge in [0.1, 0.15) is 5.76 Å². The Bertz CT molecular complexity index is 770. The Hall–Kier alpha value is -1.86. The molecule has 27 heavy (non-hydrogen) atoms. The van der Waals surface area contributed by atoms with E-state index in [0.29, 0.717) is 17.6 Å². The van der Waals surface area contributed by atoms with Crippen LogP contribution < -0.4 is 0 Å². The van der Waals surface area contributed by atoms with Crippen LogP contribution in [0.5, 0.6) is 0 Å². The lowest BCUT2D eigenvalue weighted by Crippen LogP contribution is -2.41. The number of nitrogens with zero attached hydrogens (tertiary/aromatic N) is 4. The van der Waals surface area contributed by atoms with E-state index in [9.17, 15) is 4.79 Å². The first kappa shape index (κ1) is 19.9. The van der Waals surface area contributed by atoms with E-state index in [1.165, 1.54) is 11.8 Å². The molecule has 1 aliphatic heterocycles. The van der Waals surface area contributed by atoms with Gasteiger partial charge in [-0.2, -0.15) is 0 Å². The van der Waals surface area contributed by atoms with Crippen molar-refractivity contribution in [1.29, 1.82) is 0 Å². The van der Waals surface area contributed by atoms with Gasteiger partial charge in [0, 0.05) is 30.5 Å². The van der Waals surface area contributed by atoms with Gasteiger partial charge in [-0.3, -0.25) is 4.79 Å². The fourth-order valence-corrected chi connectivity index (χ4v) is 4.19. The lowest BCUT2D eigenvalue weighted by Gasteiger charge is -2.28. The normalized spacial score (nSPS) is 18.0. The molecule has 146 valence electrons. The molecule has 0 unspecified atom stereocenters. The van der Waals surface area contributed by atoms with Crippen LogP contribution in [0.3, 0.4) is 0 Å². The molecule has 2 aromatic heterocycles. The molecule has 0 saturated carbocycles. The standard InChI is InChI=1S/C20H28N4O2S/c1-14-11-15(2)22-20(21-14)27-13-17-8-9-18(26-17)19(25)24-10-6-5-7-16(12-24)23(3)4/h8-9,11,16H,5-7,10,12-13H2,1-4H3/t16-/m0/s1. The summed E-state index contributed by atoms with van der Waals surface area (Å²) in [6.45, 7) is 5.48. The topological polar surface area (TPSA) is 62.5 Å². The van der Waals surface area contributed by atoms with Crippen molar-refractivity contribution in [2.24, 2.45) is 0 Å². The number of carbonyl (C=O) groups is 1. The molecule has 0 aromatic carbocycles. The lowest BCUT2D eigenvalue weighted by molar-refractivity contribution is 0.0692. The van der Waals surface area contributed by atoms with E-state index >= 15 is 0 Å². The Morgan fingerprint density at radius 1 is 1.26 bits per heavy atom. The van der Waals surface area contributed by atoms with Gasteiger partial charge in [0.25, 0.3) is 5.91 Å². The predicted molar refractivity (Wildman–Crippen MR) is 107 cm³/mol. The Kier molecular flexibility index (Phi) is 6.55. The highest BCUT2D eigenvalue weighted by Crippen LogP contribution is 2.23. The first-order valence-electron chi connectivity index (χ1n) is 9.42. The van der Waals surface area contributed by atoms with Crippen molar-refractivity contribution in [3.05, 3.63) is 41.1 Å². The molecule has 0 radical (unpaired) electrons. The molecule has 0 aliphatic carbocycles. The van der Waals surface area contributed by atoms with Gasteiger partial charge in [-0.25, -0.2) is 9.97 Å². The van der Waals surface area contributed by atoms with Crippen LogP contribution in [-0.2, 0) is 5.75 Å². The monoisotopic (exact) mass is 388 g/mol. The fraction of sp³-hybridized carbons (Fsp3) is 0.550. The predicted octanol–water partition coefficient (Wildman–Crippen LogP) is 3.54. The number of aryl methyl sites for hydroxylation is 2. The Morgan fingerprint density at radius 3 is 2.70 bits per heavy atom. The first-order chi connectivity index (χ1) is 12.9. The van der Waals surface area contributed by atoms with Crippen LogP contribution in [0, 0.1) is 13.8 Å². The van der Waals surface area contributed by atoms with Crippen LogP contribution >= 0.6 is 11.8 Å². The molecule has 1 saturated heterocycles. The zero-order chi connectivity index (χ0) is 19.4. The van der Waals surface area contributed by atoms with E-state index in [1.807, 2.05) is 30.9 Å². The number of hydrogen-bond donors (Lipinski definition) is 0. The summed E-state index contributed by atoms with van der Waals surface area (Å²) < 4.78 is 5.84. The second-order valence-corrected chi connectivity index (χ2v) is 8.29. The van der Waals surface area contributed by atoms with Crippen molar-refractivity contribution in [1.82, 2.24) is 19.8 Å². The number of amides is 1. The summed E-state index contributed by atoms with van der Waals surface area (Å²) >= 11 is 1.52. The minimum Gasteiger partial charge on any atom is -0.455 e. The molecule has 1 fully saturated rings. The van der Waals surface area contributed by atoms with E-state index in [-0.39, 0.29) is 5.91 Å². The maximum atomic E-state index is 12.9. The summed E-state index contributed by atoms with van der Waals surface area (Å²) in [7, 11) is 4.16. The fourth-order valence-electron chi connectivity index (χ4n) is 3.35. The van der Waals surface area contributed by atoms with Crippen LogP contribution in [-0.4, -0.2) is 58.9 Å². The third-order valence-electron chi connectivity index (χ3n) is 4.84. The van der Waals surface area contributed by atoms with Gasteiger partial charge in [0.2, 0.25) is 0 Å². The molecule has 7 heteroatoms. The van der Waals surface area contributed by atoms with Crippen molar-refractivity contribution < 1.29 is 9.21 Å². The summed E-state index contributed by atoms with van der Waals surface area (Å²) in [5.41, 5.74) is 1.91. The van der Waals surface area contributed by atoms with Crippen molar-refractivity contribution in [2.75, 3.05) is 27.2 Å². The van der Waals surface area contributed by atoms with Crippen molar-refractivity contribution in [3.63, 3.8) is 0 Å². The van der Waals surface area contributed by atoms with Crippen molar-refractivity contribution >= 4 is 17.7 Å². The minimum absolute atomic E-state index is 0.0114. The number of thioether (sulfide) groups is 1. The smallest absolute Gasteiger partial charge is 0.289 e. The number of furan rings is 1. The molecule has 6 nitrogen and oxygen atoms in total. The number of aromatic nitrogens is 2. The second kappa shape index (κ2) is 8.89. The molecule has 1 aliphatic rings. The van der Waals surface area contributed by atoms with Gasteiger partial charge in [0.15, 0.2) is 10.9 Å². The van der Waals surface area contributed by atoms with Gasteiger partial charge >= 0.3 is 0 Å². The zero-order valence-electron chi connectivity index (χ0n) is 16.6. The highest BCUT2D eigenvalue weighted by Gasteiger charge is 2.25. The number of carbonyl (C=O) groups excluding carboxylic acids is 1. The molecule has 3 heterocycles. The minimum atomic E-state index is -0.0114. The van der Waals surface area contributed by atoms with Crippen LogP contribution in [0.1, 0.15) is 47.0 Å². The molecule has 1 amide bonds. The molecule has 3 rings (SSSR count). The van der Waals surface area contributed by atoms with E-state index in [2.05, 4.69) is 29.0 Å². The van der Waals surface area contributed by atoms with E-state index in [0.717, 1.165) is 54.7 Å². The molecule has 1 atom stereocenters. The average Bonchev–Trinajstić information content (AvgIpc) is 2.94. The molecule has 0 bridgehead atoms. The Morgan fingerprint density at radius 2 is 2.00 bits per heavy atom. The van der Waals surface area contributed by atoms with Gasteiger partial charge in [-0.1, -0.05) is 18.2 Å². The maximum absolute atomic E-state index is 12.9. The van der Waals surface area contributed by atoms with Crippen LogP contribution in [0.2, 0.25) is 0 Å². The second-order valence-electron chi connectivity index (χ2n) is 7.35. The molecular weight excluding hydrogens is 360 g/mol. The third kappa shape index (κ3) is 5.32. The number of rotatable bonds is 5. The zero-order valence-corrected chi connectivity index (χ0v) is 17.4. The van der Waals surface area contributed by atoms with Crippen molar-refractivity contribution in [2.45, 2.75) is 50.1 Å². The van der Waals surface area contributed by atoms with Crippen LogP contribution in [0.4, 0.5) is 0 Å². The summed E-state index contributed by atoms with van der Waals surface area (Å²) in [6.07, 6.45) is 3.33. The first-order valence-corrected chi connectivity index (χ1v) is 10.4. The summed E-state index contributed by atoms with van der Waals surface area (Å²) in [6, 6.07) is 6.03. The number of likely N-dealkylation sites (tertiary alicyclic amines) is 1. The quantitative estimate of drug-likeness (QED) is 0.577. The van der Waals surface area contributed by atoms with Gasteiger partial charge in [0.05, 0.1) is 5.75 Å². The Balaban J connectivity index is 1.63. The number of hydrogen-bond acceptors (Lipinski definition) is 6. The third-order valence-corrected chi connectivity index (χ3v) is 5.71. The van der Waals surface area contributed by atoms with Crippen LogP contribution in [0.25, 0.3) is 0 Å². The van der Waals surface area contributed by atoms with E-state index in [4.69, 9.17) is 4.42 Å².